The van der Waals surface area contributed by atoms with E-state index in [0.29, 0.717) is 18.1 Å². The van der Waals surface area contributed by atoms with E-state index in [1.54, 1.807) is 0 Å². The van der Waals surface area contributed by atoms with Crippen molar-refractivity contribution < 1.29 is 9.53 Å². The highest BCUT2D eigenvalue weighted by Crippen LogP contribution is 2.51. The second kappa shape index (κ2) is 12.0. The van der Waals surface area contributed by atoms with Crippen molar-refractivity contribution in [3.8, 4) is 16.8 Å². The van der Waals surface area contributed by atoms with Crippen molar-refractivity contribution >= 4 is 23.4 Å². The zero-order chi connectivity index (χ0) is 32.1. The zero-order valence-corrected chi connectivity index (χ0v) is 27.8. The maximum absolute atomic E-state index is 12.4. The largest absolute Gasteiger partial charge is 0.444 e. The molecule has 1 saturated heterocycles. The van der Waals surface area contributed by atoms with Gasteiger partial charge in [-0.1, -0.05) is 29.8 Å². The van der Waals surface area contributed by atoms with Gasteiger partial charge in [0.25, 0.3) is 0 Å². The van der Waals surface area contributed by atoms with Crippen molar-refractivity contribution in [2.75, 3.05) is 32.7 Å². The molecule has 46 heavy (non-hydrogen) atoms. The first-order valence-corrected chi connectivity index (χ1v) is 16.6. The topological polar surface area (TPSA) is 93.7 Å². The van der Waals surface area contributed by atoms with Gasteiger partial charge in [0.2, 0.25) is 0 Å². The monoisotopic (exact) mass is 640 g/mol. The molecular weight excluding hydrogens is 600 g/mol. The molecule has 240 valence electrons. The predicted molar refractivity (Wildman–Crippen MR) is 179 cm³/mol. The second-order valence-electron chi connectivity index (χ2n) is 13.6. The average molecular weight is 641 g/mol. The highest BCUT2D eigenvalue weighted by atomic mass is 35.5. The molecular formula is C35H41ClN8O2. The molecule has 3 aliphatic rings. The highest BCUT2D eigenvalue weighted by molar-refractivity contribution is 6.30. The molecule has 2 fully saturated rings. The fourth-order valence-electron chi connectivity index (χ4n) is 6.38. The number of unbranched alkanes of at least 4 members (excludes halogenated alkanes) is 1. The number of nitrogens with zero attached hydrogens (tertiary/aromatic N) is 8. The summed E-state index contributed by atoms with van der Waals surface area (Å²) in [6.07, 6.45) is 7.89. The van der Waals surface area contributed by atoms with Gasteiger partial charge in [-0.05, 0) is 89.8 Å². The van der Waals surface area contributed by atoms with E-state index in [1.807, 2.05) is 67.7 Å². The van der Waals surface area contributed by atoms with Gasteiger partial charge in [0.1, 0.15) is 17.0 Å². The molecule has 1 spiro atoms. The summed E-state index contributed by atoms with van der Waals surface area (Å²) < 4.78 is 9.74. The minimum Gasteiger partial charge on any atom is -0.444 e. The first kappa shape index (κ1) is 30.6. The van der Waals surface area contributed by atoms with Gasteiger partial charge in [-0.2, -0.15) is 5.10 Å². The fraction of sp³-hybridized carbons (Fsp3) is 0.457. The Bertz CT molecular complexity index is 1770. The molecule has 10 nitrogen and oxygen atoms in total. The van der Waals surface area contributed by atoms with Crippen LogP contribution in [-0.4, -0.2) is 84.5 Å². The molecule has 4 heterocycles. The Kier molecular flexibility index (Phi) is 7.97. The lowest BCUT2D eigenvalue weighted by Gasteiger charge is -2.35. The van der Waals surface area contributed by atoms with E-state index in [4.69, 9.17) is 26.4 Å². The lowest BCUT2D eigenvalue weighted by atomic mass is 9.96. The molecule has 2 aliphatic heterocycles. The van der Waals surface area contributed by atoms with Crippen LogP contribution >= 0.6 is 11.6 Å². The number of carbonyl (C=O) groups is 1. The average Bonchev–Trinajstić information content (AvgIpc) is 3.50. The zero-order valence-electron chi connectivity index (χ0n) is 27.0. The number of fused-ring (bicyclic) bond motifs is 4. The molecule has 7 rings (SSSR count). The maximum Gasteiger partial charge on any atom is 0.410 e. The Morgan fingerprint density at radius 1 is 0.935 bits per heavy atom. The molecule has 0 atom stereocenters. The Morgan fingerprint density at radius 2 is 1.65 bits per heavy atom. The number of ether oxygens (including phenoxy) is 1. The highest BCUT2D eigenvalue weighted by Gasteiger charge is 2.51. The maximum atomic E-state index is 12.4. The van der Waals surface area contributed by atoms with E-state index < -0.39 is 5.60 Å². The Labute approximate surface area is 275 Å². The van der Waals surface area contributed by atoms with Crippen LogP contribution in [0, 0.1) is 6.92 Å². The molecule has 1 amide bonds. The van der Waals surface area contributed by atoms with Gasteiger partial charge in [-0.3, -0.25) is 19.1 Å². The lowest BCUT2D eigenvalue weighted by molar-refractivity contribution is 0.0144. The first-order chi connectivity index (χ1) is 22.1. The second-order valence-corrected chi connectivity index (χ2v) is 14.1. The molecule has 0 N–H and O–H groups in total. The summed E-state index contributed by atoms with van der Waals surface area (Å²) in [7, 11) is 0. The van der Waals surface area contributed by atoms with E-state index in [9.17, 15) is 4.79 Å². The number of rotatable bonds is 7. The number of benzene rings is 2. The smallest absolute Gasteiger partial charge is 0.410 e. The summed E-state index contributed by atoms with van der Waals surface area (Å²) in [5.41, 5.74) is 5.44. The van der Waals surface area contributed by atoms with Crippen molar-refractivity contribution in [1.29, 1.82) is 0 Å². The van der Waals surface area contributed by atoms with Crippen molar-refractivity contribution in [3.63, 3.8) is 0 Å². The molecule has 1 saturated carbocycles. The van der Waals surface area contributed by atoms with Crippen molar-refractivity contribution in [1.82, 2.24) is 34.3 Å². The van der Waals surface area contributed by atoms with Gasteiger partial charge in [0, 0.05) is 60.6 Å². The van der Waals surface area contributed by atoms with Crippen LogP contribution in [0.1, 0.15) is 69.2 Å². The number of carbonyl (C=O) groups excluding carboxylic acids is 1. The van der Waals surface area contributed by atoms with E-state index in [-0.39, 0.29) is 11.6 Å². The SMILES string of the molecule is Cc1nnc2n1-c1ccc(-c3cnn(CCCCN4CCN(C(=O)OC(C)(C)C)CC4)c3)cc1C(c1ccc(Cl)cc1)=NC21CC1. The van der Waals surface area contributed by atoms with E-state index >= 15 is 0 Å². The van der Waals surface area contributed by atoms with Crippen LogP contribution < -0.4 is 0 Å². The Morgan fingerprint density at radius 3 is 2.37 bits per heavy atom. The Balaban J connectivity index is 1.03. The molecule has 0 radical (unpaired) electrons. The van der Waals surface area contributed by atoms with Gasteiger partial charge in [0.15, 0.2) is 5.82 Å². The van der Waals surface area contributed by atoms with Crippen LogP contribution in [0.3, 0.4) is 0 Å². The predicted octanol–water partition coefficient (Wildman–Crippen LogP) is 6.27. The molecule has 0 unspecified atom stereocenters. The number of hydrogen-bond acceptors (Lipinski definition) is 7. The third-order valence-electron chi connectivity index (χ3n) is 9.00. The number of aliphatic imine (C=N–C) groups is 1. The van der Waals surface area contributed by atoms with E-state index in [2.05, 4.69) is 44.1 Å². The van der Waals surface area contributed by atoms with Gasteiger partial charge >= 0.3 is 6.09 Å². The molecule has 1 aliphatic carbocycles. The summed E-state index contributed by atoms with van der Waals surface area (Å²) in [6.45, 7) is 12.8. The van der Waals surface area contributed by atoms with Gasteiger partial charge in [-0.15, -0.1) is 10.2 Å². The van der Waals surface area contributed by atoms with Gasteiger partial charge in [0.05, 0.1) is 17.6 Å². The van der Waals surface area contributed by atoms with Crippen LogP contribution in [0.25, 0.3) is 16.8 Å². The minimum absolute atomic E-state index is 0.213. The number of aryl methyl sites for hydroxylation is 2. The number of halogens is 1. The number of amides is 1. The van der Waals surface area contributed by atoms with Gasteiger partial charge in [-0.25, -0.2) is 4.79 Å². The molecule has 4 aromatic rings. The van der Waals surface area contributed by atoms with Crippen LogP contribution in [0.5, 0.6) is 0 Å². The van der Waals surface area contributed by atoms with Crippen molar-refractivity contribution in [2.45, 2.75) is 71.1 Å². The minimum atomic E-state index is -0.463. The summed E-state index contributed by atoms with van der Waals surface area (Å²) in [5.74, 6) is 1.78. The quantitative estimate of drug-likeness (QED) is 0.221. The third kappa shape index (κ3) is 6.20. The molecule has 0 bridgehead atoms. The molecule has 2 aromatic heterocycles. The normalized spacial score (nSPS) is 17.3. The lowest BCUT2D eigenvalue weighted by Crippen LogP contribution is -2.50. The summed E-state index contributed by atoms with van der Waals surface area (Å²) in [6, 6.07) is 14.5. The summed E-state index contributed by atoms with van der Waals surface area (Å²) in [4.78, 5) is 22.0. The van der Waals surface area contributed by atoms with Crippen LogP contribution in [0.15, 0.2) is 59.9 Å². The Hall–Kier alpha value is -4.02. The van der Waals surface area contributed by atoms with Crippen LogP contribution in [-0.2, 0) is 16.8 Å². The van der Waals surface area contributed by atoms with Gasteiger partial charge < -0.3 is 9.64 Å². The summed E-state index contributed by atoms with van der Waals surface area (Å²) in [5, 5.41) is 14.4. The van der Waals surface area contributed by atoms with Crippen molar-refractivity contribution in [2.24, 2.45) is 4.99 Å². The fourth-order valence-corrected chi connectivity index (χ4v) is 6.51. The number of aromatic nitrogens is 5. The standard InChI is InChI=1S/C35H41ClN8O2/c1-24-39-40-32-35(13-14-35)38-31(25-7-10-28(36)11-8-25)29-21-26(9-12-30(29)44(24)32)27-22-37-43(23-27)16-6-5-15-41-17-19-42(20-18-41)33(45)46-34(2,3)4/h7-12,21-23H,5-6,13-20H2,1-4H3. The number of piperazine rings is 1. The van der Waals surface area contributed by atoms with Crippen LogP contribution in [0.2, 0.25) is 5.02 Å². The van der Waals surface area contributed by atoms with Crippen molar-refractivity contribution in [3.05, 3.63) is 82.7 Å². The first-order valence-electron chi connectivity index (χ1n) is 16.2. The summed E-state index contributed by atoms with van der Waals surface area (Å²) >= 11 is 6.26. The number of hydrogen-bond donors (Lipinski definition) is 0. The molecule has 2 aromatic carbocycles. The van der Waals surface area contributed by atoms with E-state index in [0.717, 1.165) is 97.2 Å². The van der Waals surface area contributed by atoms with Crippen LogP contribution in [0.4, 0.5) is 4.79 Å². The van der Waals surface area contributed by atoms with E-state index in [1.165, 1.54) is 0 Å². The molecule has 11 heteroatoms. The third-order valence-corrected chi connectivity index (χ3v) is 9.25.